The Hall–Kier alpha value is -0.950. The van der Waals surface area contributed by atoms with Crippen LogP contribution in [0.15, 0.2) is 6.07 Å². The minimum atomic E-state index is -4.99. The predicted octanol–water partition coefficient (Wildman–Crippen LogP) is 3.15. The van der Waals surface area contributed by atoms with Crippen molar-refractivity contribution in [2.45, 2.75) is 19.1 Å². The first-order valence-corrected chi connectivity index (χ1v) is 4.40. The molecule has 90 valence electrons. The van der Waals surface area contributed by atoms with Crippen molar-refractivity contribution in [3.63, 3.8) is 0 Å². The Labute approximate surface area is 92.2 Å². The van der Waals surface area contributed by atoms with Gasteiger partial charge in [0.05, 0.1) is 5.56 Å². The van der Waals surface area contributed by atoms with E-state index in [9.17, 15) is 22.0 Å². The Morgan fingerprint density at radius 3 is 2.31 bits per heavy atom. The summed E-state index contributed by atoms with van der Waals surface area (Å²) in [4.78, 5) is 2.88. The molecule has 0 radical (unpaired) electrons. The van der Waals surface area contributed by atoms with Crippen LogP contribution in [0.1, 0.15) is 23.2 Å². The summed E-state index contributed by atoms with van der Waals surface area (Å²) >= 11 is 5.30. The Balaban J connectivity index is 3.51. The third-order valence-corrected chi connectivity index (χ3v) is 2.01. The lowest BCUT2D eigenvalue weighted by atomic mass is 10.1. The zero-order valence-electron chi connectivity index (χ0n) is 7.65. The number of halogens is 6. The van der Waals surface area contributed by atoms with Crippen molar-refractivity contribution in [1.82, 2.24) is 4.98 Å². The molecule has 0 aliphatic heterocycles. The monoisotopic (exact) mass is 260 g/mol. The highest BCUT2D eigenvalue weighted by Gasteiger charge is 2.39. The lowest BCUT2D eigenvalue weighted by Gasteiger charge is -2.15. The minimum absolute atomic E-state index is 0.359. The Morgan fingerprint density at radius 2 is 1.94 bits per heavy atom. The maximum Gasteiger partial charge on any atom is 0.433 e. The van der Waals surface area contributed by atoms with Gasteiger partial charge in [0, 0.05) is 6.54 Å². The molecule has 2 N–H and O–H groups in total. The van der Waals surface area contributed by atoms with Gasteiger partial charge in [-0.2, -0.15) is 13.2 Å². The molecular weight excluding hydrogens is 255 g/mol. The first-order chi connectivity index (χ1) is 7.27. The van der Waals surface area contributed by atoms with E-state index in [0.29, 0.717) is 0 Å². The molecule has 1 aromatic heterocycles. The third kappa shape index (κ3) is 2.59. The van der Waals surface area contributed by atoms with Gasteiger partial charge >= 0.3 is 6.18 Å². The molecule has 0 fully saturated rings. The predicted molar refractivity (Wildman–Crippen MR) is 47.1 cm³/mol. The minimum Gasteiger partial charge on any atom is -0.326 e. The van der Waals surface area contributed by atoms with Crippen LogP contribution in [0, 0.1) is 0 Å². The summed E-state index contributed by atoms with van der Waals surface area (Å²) in [5.41, 5.74) is 1.83. The Kier molecular flexibility index (Phi) is 3.69. The molecule has 1 aromatic rings. The molecule has 0 atom stereocenters. The summed E-state index contributed by atoms with van der Waals surface area (Å²) in [6, 6.07) is 0.901. The number of aromatic nitrogens is 1. The lowest BCUT2D eigenvalue weighted by Crippen LogP contribution is -2.16. The highest BCUT2D eigenvalue weighted by molar-refractivity contribution is 6.29. The zero-order chi connectivity index (χ0) is 12.5. The average molecular weight is 261 g/mol. The molecule has 2 nitrogen and oxygen atoms in total. The van der Waals surface area contributed by atoms with Crippen LogP contribution in [-0.4, -0.2) is 4.98 Å². The Bertz CT molecular complexity index is 391. The van der Waals surface area contributed by atoms with Crippen molar-refractivity contribution in [1.29, 1.82) is 0 Å². The molecule has 0 spiro atoms. The molecule has 0 saturated carbocycles. The highest BCUT2D eigenvalue weighted by Crippen LogP contribution is 2.37. The van der Waals surface area contributed by atoms with E-state index in [1.807, 2.05) is 0 Å². The molecule has 0 unspecified atom stereocenters. The van der Waals surface area contributed by atoms with Gasteiger partial charge in [-0.3, -0.25) is 0 Å². The van der Waals surface area contributed by atoms with Crippen molar-refractivity contribution in [3.05, 3.63) is 28.0 Å². The number of alkyl halides is 5. The second kappa shape index (κ2) is 4.50. The SMILES string of the molecule is NCc1cc(Cl)nc(C(F)(F)F)c1C(F)F. The van der Waals surface area contributed by atoms with Gasteiger partial charge in [0.15, 0.2) is 5.69 Å². The van der Waals surface area contributed by atoms with Crippen LogP contribution in [-0.2, 0) is 12.7 Å². The fourth-order valence-electron chi connectivity index (χ4n) is 1.20. The van der Waals surface area contributed by atoms with Crippen LogP contribution >= 0.6 is 11.6 Å². The molecule has 1 rings (SSSR count). The van der Waals surface area contributed by atoms with Crippen LogP contribution in [0.25, 0.3) is 0 Å². The fraction of sp³-hybridized carbons (Fsp3) is 0.375. The first-order valence-electron chi connectivity index (χ1n) is 4.02. The van der Waals surface area contributed by atoms with E-state index in [1.54, 1.807) is 0 Å². The van der Waals surface area contributed by atoms with Crippen LogP contribution in [0.3, 0.4) is 0 Å². The van der Waals surface area contributed by atoms with E-state index in [1.165, 1.54) is 0 Å². The maximum atomic E-state index is 12.5. The molecule has 1 heterocycles. The van der Waals surface area contributed by atoms with Crippen molar-refractivity contribution in [3.8, 4) is 0 Å². The molecule has 0 saturated heterocycles. The van der Waals surface area contributed by atoms with E-state index in [4.69, 9.17) is 17.3 Å². The molecule has 0 amide bonds. The van der Waals surface area contributed by atoms with Gasteiger partial charge in [0.25, 0.3) is 6.43 Å². The van der Waals surface area contributed by atoms with Gasteiger partial charge < -0.3 is 5.73 Å². The normalized spacial score (nSPS) is 12.2. The van der Waals surface area contributed by atoms with E-state index in [0.717, 1.165) is 6.07 Å². The molecule has 16 heavy (non-hydrogen) atoms. The van der Waals surface area contributed by atoms with Crippen molar-refractivity contribution in [2.24, 2.45) is 5.73 Å². The molecule has 0 bridgehead atoms. The second-order valence-corrected chi connectivity index (χ2v) is 3.26. The van der Waals surface area contributed by atoms with Gasteiger partial charge in [-0.25, -0.2) is 13.8 Å². The summed E-state index contributed by atoms with van der Waals surface area (Å²) in [5, 5.41) is -0.517. The van der Waals surface area contributed by atoms with Crippen molar-refractivity contribution < 1.29 is 22.0 Å². The molecule has 8 heteroatoms. The van der Waals surface area contributed by atoms with Crippen LogP contribution in [0.2, 0.25) is 5.15 Å². The summed E-state index contributed by atoms with van der Waals surface area (Å²) in [6.45, 7) is -0.467. The molecule has 0 aliphatic carbocycles. The van der Waals surface area contributed by atoms with Crippen molar-refractivity contribution in [2.75, 3.05) is 0 Å². The van der Waals surface area contributed by atoms with E-state index in [-0.39, 0.29) is 5.56 Å². The number of nitrogens with two attached hydrogens (primary N) is 1. The number of pyridine rings is 1. The standard InChI is InChI=1S/C8H6ClF5N2/c9-4-1-3(2-15)5(7(10)11)6(16-4)8(12,13)14/h1,7H,2,15H2. The number of nitrogens with zero attached hydrogens (tertiary/aromatic N) is 1. The smallest absolute Gasteiger partial charge is 0.326 e. The fourth-order valence-corrected chi connectivity index (χ4v) is 1.42. The number of rotatable bonds is 2. The van der Waals surface area contributed by atoms with Crippen molar-refractivity contribution >= 4 is 11.6 Å². The molecular formula is C8H6ClF5N2. The maximum absolute atomic E-state index is 12.5. The second-order valence-electron chi connectivity index (χ2n) is 2.87. The topological polar surface area (TPSA) is 38.9 Å². The zero-order valence-corrected chi connectivity index (χ0v) is 8.41. The average Bonchev–Trinajstić information content (AvgIpc) is 2.14. The lowest BCUT2D eigenvalue weighted by molar-refractivity contribution is -0.143. The van der Waals surface area contributed by atoms with Gasteiger partial charge in [-0.05, 0) is 11.6 Å². The summed E-state index contributed by atoms with van der Waals surface area (Å²) in [6.07, 6.45) is -8.29. The van der Waals surface area contributed by atoms with Crippen LogP contribution < -0.4 is 5.73 Å². The summed E-state index contributed by atoms with van der Waals surface area (Å²) in [5.74, 6) is 0. The van der Waals surface area contributed by atoms with E-state index >= 15 is 0 Å². The largest absolute Gasteiger partial charge is 0.433 e. The van der Waals surface area contributed by atoms with E-state index in [2.05, 4.69) is 4.98 Å². The quantitative estimate of drug-likeness (QED) is 0.655. The van der Waals surface area contributed by atoms with Gasteiger partial charge in [0.2, 0.25) is 0 Å². The third-order valence-electron chi connectivity index (χ3n) is 1.82. The summed E-state index contributed by atoms with van der Waals surface area (Å²) in [7, 11) is 0. The highest BCUT2D eigenvalue weighted by atomic mass is 35.5. The summed E-state index contributed by atoms with van der Waals surface area (Å²) < 4.78 is 62.2. The Morgan fingerprint density at radius 1 is 1.38 bits per heavy atom. The van der Waals surface area contributed by atoms with Gasteiger partial charge in [-0.1, -0.05) is 11.6 Å². The van der Waals surface area contributed by atoms with E-state index < -0.39 is 35.6 Å². The van der Waals surface area contributed by atoms with Crippen LogP contribution in [0.4, 0.5) is 22.0 Å². The van der Waals surface area contributed by atoms with Gasteiger partial charge in [0.1, 0.15) is 5.15 Å². The molecule has 0 aromatic carbocycles. The first kappa shape index (κ1) is 13.1. The molecule has 0 aliphatic rings. The van der Waals surface area contributed by atoms with Crippen LogP contribution in [0.5, 0.6) is 0 Å². The number of hydrogen-bond donors (Lipinski definition) is 1. The van der Waals surface area contributed by atoms with Gasteiger partial charge in [-0.15, -0.1) is 0 Å². The number of hydrogen-bond acceptors (Lipinski definition) is 2.